The summed E-state index contributed by atoms with van der Waals surface area (Å²) < 4.78 is 5.66. The van der Waals surface area contributed by atoms with Crippen LogP contribution in [0.2, 0.25) is 0 Å². The summed E-state index contributed by atoms with van der Waals surface area (Å²) in [6, 6.07) is -0.151. The van der Waals surface area contributed by atoms with Gasteiger partial charge in [-0.15, -0.1) is 11.3 Å². The number of hydrogen-bond donors (Lipinski definition) is 1. The molecule has 0 bridgehead atoms. The molecule has 0 atom stereocenters. The van der Waals surface area contributed by atoms with E-state index in [1.165, 1.54) is 11.3 Å². The average Bonchev–Trinajstić information content (AvgIpc) is 2.99. The predicted octanol–water partition coefficient (Wildman–Crippen LogP) is 1.26. The van der Waals surface area contributed by atoms with E-state index in [4.69, 9.17) is 4.74 Å². The molecule has 2 saturated heterocycles. The average molecular weight is 310 g/mol. The van der Waals surface area contributed by atoms with Gasteiger partial charge in [-0.2, -0.15) is 0 Å². The number of carbonyl (C=O) groups excluding carboxylic acids is 2. The van der Waals surface area contributed by atoms with Crippen molar-refractivity contribution in [1.82, 2.24) is 14.8 Å². The van der Waals surface area contributed by atoms with Gasteiger partial charge in [0.25, 0.3) is 5.91 Å². The van der Waals surface area contributed by atoms with E-state index in [0.717, 1.165) is 5.01 Å². The van der Waals surface area contributed by atoms with Gasteiger partial charge in [0.15, 0.2) is 0 Å². The second-order valence-corrected chi connectivity index (χ2v) is 6.42. The Morgan fingerprint density at radius 2 is 2.19 bits per heavy atom. The lowest BCUT2D eigenvalue weighted by Gasteiger charge is -2.41. The van der Waals surface area contributed by atoms with Gasteiger partial charge in [-0.05, 0) is 6.92 Å². The molecular formula is C13H18N4O3S. The number of aryl methyl sites for hydroxylation is 1. The number of likely N-dealkylation sites (tertiary alicyclic amines) is 1. The fourth-order valence-electron chi connectivity index (χ4n) is 2.77. The summed E-state index contributed by atoms with van der Waals surface area (Å²) in [5, 5.41) is 5.54. The minimum Gasteiger partial charge on any atom is -0.346 e. The van der Waals surface area contributed by atoms with Gasteiger partial charge in [0.1, 0.15) is 18.1 Å². The maximum Gasteiger partial charge on any atom is 0.323 e. The van der Waals surface area contributed by atoms with Crippen LogP contribution in [0.15, 0.2) is 5.38 Å². The van der Waals surface area contributed by atoms with E-state index < -0.39 is 5.72 Å². The zero-order valence-electron chi connectivity index (χ0n) is 12.1. The van der Waals surface area contributed by atoms with E-state index in [-0.39, 0.29) is 18.5 Å². The summed E-state index contributed by atoms with van der Waals surface area (Å²) in [6.45, 7) is 3.16. The Labute approximate surface area is 126 Å². The Kier molecular flexibility index (Phi) is 3.58. The highest BCUT2D eigenvalue weighted by atomic mass is 32.1. The first-order chi connectivity index (χ1) is 10.00. The van der Waals surface area contributed by atoms with Crippen LogP contribution in [0.5, 0.6) is 0 Å². The molecule has 0 radical (unpaired) electrons. The lowest BCUT2D eigenvalue weighted by atomic mass is 9.99. The number of hydrogen-bond acceptors (Lipinski definition) is 5. The lowest BCUT2D eigenvalue weighted by Crippen LogP contribution is -2.54. The van der Waals surface area contributed by atoms with Gasteiger partial charge in [-0.1, -0.05) is 0 Å². The Bertz CT molecular complexity index is 566. The van der Waals surface area contributed by atoms with Crippen molar-refractivity contribution in [2.45, 2.75) is 25.5 Å². The van der Waals surface area contributed by atoms with E-state index >= 15 is 0 Å². The molecule has 2 aliphatic heterocycles. The molecule has 2 fully saturated rings. The number of rotatable bonds is 1. The van der Waals surface area contributed by atoms with Gasteiger partial charge in [0, 0.05) is 38.4 Å². The number of likely N-dealkylation sites (N-methyl/N-ethyl adjacent to an activating group) is 1. The summed E-state index contributed by atoms with van der Waals surface area (Å²) in [4.78, 5) is 31.4. The number of amides is 3. The van der Waals surface area contributed by atoms with Gasteiger partial charge in [0.05, 0.1) is 5.01 Å². The smallest absolute Gasteiger partial charge is 0.323 e. The number of nitrogens with zero attached hydrogens (tertiary/aromatic N) is 3. The molecule has 0 aliphatic carbocycles. The molecule has 1 aromatic heterocycles. The van der Waals surface area contributed by atoms with Crippen LogP contribution in [0.25, 0.3) is 0 Å². The number of thiazole rings is 1. The second kappa shape index (κ2) is 5.27. The maximum absolute atomic E-state index is 12.2. The van der Waals surface area contributed by atoms with Gasteiger partial charge in [-0.3, -0.25) is 10.1 Å². The van der Waals surface area contributed by atoms with Crippen LogP contribution in [0.1, 0.15) is 17.8 Å². The largest absolute Gasteiger partial charge is 0.346 e. The zero-order valence-corrected chi connectivity index (χ0v) is 12.9. The Balaban J connectivity index is 1.58. The lowest BCUT2D eigenvalue weighted by molar-refractivity contribution is -0.134. The first kappa shape index (κ1) is 14.3. The fourth-order valence-corrected chi connectivity index (χ4v) is 3.31. The van der Waals surface area contributed by atoms with Crippen molar-refractivity contribution < 1.29 is 14.3 Å². The van der Waals surface area contributed by atoms with Crippen molar-refractivity contribution >= 4 is 29.1 Å². The van der Waals surface area contributed by atoms with Crippen LogP contribution in [0.3, 0.4) is 0 Å². The third kappa shape index (κ3) is 2.60. The molecular weight excluding hydrogens is 292 g/mol. The second-order valence-electron chi connectivity index (χ2n) is 5.36. The molecule has 21 heavy (non-hydrogen) atoms. The predicted molar refractivity (Wildman–Crippen MR) is 78.1 cm³/mol. The van der Waals surface area contributed by atoms with Gasteiger partial charge >= 0.3 is 6.03 Å². The number of nitrogens with one attached hydrogen (secondary N) is 1. The molecule has 114 valence electrons. The first-order valence-corrected chi connectivity index (χ1v) is 7.77. The fraction of sp³-hybridized carbons (Fsp3) is 0.615. The zero-order chi connectivity index (χ0) is 15.0. The number of piperidine rings is 1. The van der Waals surface area contributed by atoms with Crippen molar-refractivity contribution in [2.24, 2.45) is 0 Å². The minimum atomic E-state index is -0.523. The summed E-state index contributed by atoms with van der Waals surface area (Å²) >= 11 is 1.50. The van der Waals surface area contributed by atoms with E-state index in [9.17, 15) is 9.59 Å². The molecule has 0 unspecified atom stereocenters. The number of ether oxygens (including phenoxy) is 1. The van der Waals surface area contributed by atoms with Crippen LogP contribution in [0.4, 0.5) is 10.6 Å². The first-order valence-electron chi connectivity index (χ1n) is 6.89. The van der Waals surface area contributed by atoms with Gasteiger partial charge in [-0.25, -0.2) is 9.78 Å². The van der Waals surface area contributed by atoms with Gasteiger partial charge < -0.3 is 14.5 Å². The molecule has 0 aromatic carbocycles. The highest BCUT2D eigenvalue weighted by molar-refractivity contribution is 7.09. The summed E-state index contributed by atoms with van der Waals surface area (Å²) in [7, 11) is 1.77. The van der Waals surface area contributed by atoms with E-state index in [1.54, 1.807) is 16.8 Å². The van der Waals surface area contributed by atoms with Crippen LogP contribution < -0.4 is 5.32 Å². The topological polar surface area (TPSA) is 74.8 Å². The van der Waals surface area contributed by atoms with Crippen LogP contribution >= 0.6 is 11.3 Å². The number of aromatic nitrogens is 1. The highest BCUT2D eigenvalue weighted by Crippen LogP contribution is 2.33. The summed E-state index contributed by atoms with van der Waals surface area (Å²) in [5.74, 6) is 0.595. The van der Waals surface area contributed by atoms with Gasteiger partial charge in [0.2, 0.25) is 0 Å². The number of anilines is 1. The van der Waals surface area contributed by atoms with Crippen molar-refractivity contribution in [3.8, 4) is 0 Å². The molecule has 0 saturated carbocycles. The third-order valence-electron chi connectivity index (χ3n) is 4.14. The van der Waals surface area contributed by atoms with Crippen molar-refractivity contribution in [3.63, 3.8) is 0 Å². The summed E-state index contributed by atoms with van der Waals surface area (Å²) in [6.07, 6.45) is 1.28. The molecule has 1 aromatic rings. The van der Waals surface area contributed by atoms with E-state index in [2.05, 4.69) is 10.3 Å². The molecule has 3 rings (SSSR count). The molecule has 8 heteroatoms. The standard InChI is InChI=1S/C13H18N4O3S/c1-9-14-10(8-21-9)15-12(19)17-5-3-13(4-6-17)16(2)11(18)7-20-13/h8H,3-7H2,1-2H3,(H,15,19). The highest BCUT2D eigenvalue weighted by Gasteiger charge is 2.47. The number of carbonyl (C=O) groups is 2. The van der Waals surface area contributed by atoms with E-state index in [1.807, 2.05) is 12.3 Å². The Hall–Kier alpha value is -1.67. The molecule has 3 heterocycles. The van der Waals surface area contributed by atoms with Crippen molar-refractivity contribution in [1.29, 1.82) is 0 Å². The number of urea groups is 1. The van der Waals surface area contributed by atoms with E-state index in [0.29, 0.717) is 31.7 Å². The third-order valence-corrected chi connectivity index (χ3v) is 4.91. The Morgan fingerprint density at radius 1 is 1.48 bits per heavy atom. The van der Waals surface area contributed by atoms with Crippen LogP contribution in [0, 0.1) is 6.92 Å². The molecule has 7 nitrogen and oxygen atoms in total. The van der Waals surface area contributed by atoms with Crippen molar-refractivity contribution in [3.05, 3.63) is 10.4 Å². The maximum atomic E-state index is 12.2. The Morgan fingerprint density at radius 3 is 2.71 bits per heavy atom. The minimum absolute atomic E-state index is 0.00542. The molecule has 1 spiro atoms. The quantitative estimate of drug-likeness (QED) is 0.847. The summed E-state index contributed by atoms with van der Waals surface area (Å²) in [5.41, 5.74) is -0.523. The van der Waals surface area contributed by atoms with Crippen LogP contribution in [-0.4, -0.2) is 59.2 Å². The molecule has 1 N–H and O–H groups in total. The molecule has 2 aliphatic rings. The van der Waals surface area contributed by atoms with Crippen LogP contribution in [-0.2, 0) is 9.53 Å². The SMILES string of the molecule is Cc1nc(NC(=O)N2CCC3(CC2)OCC(=O)N3C)cs1. The van der Waals surface area contributed by atoms with Crippen molar-refractivity contribution in [2.75, 3.05) is 32.1 Å². The monoisotopic (exact) mass is 310 g/mol. The normalized spacial score (nSPS) is 21.1. The molecule has 3 amide bonds.